The third-order valence-corrected chi connectivity index (χ3v) is 4.26. The number of aryl methyl sites for hydroxylation is 1. The average Bonchev–Trinajstić information content (AvgIpc) is 2.60. The molecule has 0 radical (unpaired) electrons. The van der Waals surface area contributed by atoms with E-state index in [9.17, 15) is 14.0 Å². The lowest BCUT2D eigenvalue weighted by Crippen LogP contribution is -2.15. The first kappa shape index (κ1) is 22.2. The van der Waals surface area contributed by atoms with Crippen LogP contribution in [-0.2, 0) is 20.7 Å². The SMILES string of the molecule is COC(=O)CCCCCc1cc(Cl)cc(OC[C@@H](C)CCC(N)=O)c1F. The van der Waals surface area contributed by atoms with E-state index in [1.807, 2.05) is 6.92 Å². The van der Waals surface area contributed by atoms with Crippen LogP contribution < -0.4 is 10.5 Å². The first-order valence-corrected chi connectivity index (χ1v) is 9.17. The lowest BCUT2D eigenvalue weighted by atomic mass is 10.0. The number of nitrogens with two attached hydrogens (primary N) is 1. The van der Waals surface area contributed by atoms with Crippen LogP contribution in [0, 0.1) is 11.7 Å². The van der Waals surface area contributed by atoms with Gasteiger partial charge in [0.15, 0.2) is 11.6 Å². The molecular formula is C19H27ClFNO4. The summed E-state index contributed by atoms with van der Waals surface area (Å²) in [7, 11) is 1.36. The van der Waals surface area contributed by atoms with Crippen molar-refractivity contribution < 1.29 is 23.5 Å². The van der Waals surface area contributed by atoms with Crippen molar-refractivity contribution in [1.82, 2.24) is 0 Å². The van der Waals surface area contributed by atoms with E-state index in [0.717, 1.165) is 12.8 Å². The summed E-state index contributed by atoms with van der Waals surface area (Å²) in [5, 5.41) is 0.413. The summed E-state index contributed by atoms with van der Waals surface area (Å²) in [5.74, 6) is -0.819. The summed E-state index contributed by atoms with van der Waals surface area (Å²) < 4.78 is 24.7. The predicted octanol–water partition coefficient (Wildman–Crippen LogP) is 4.04. The molecule has 1 amide bonds. The summed E-state index contributed by atoms with van der Waals surface area (Å²) in [4.78, 5) is 21.9. The highest BCUT2D eigenvalue weighted by Gasteiger charge is 2.13. The number of esters is 1. The Kier molecular flexibility index (Phi) is 10.0. The highest BCUT2D eigenvalue weighted by atomic mass is 35.5. The molecule has 0 aliphatic carbocycles. The maximum Gasteiger partial charge on any atom is 0.305 e. The number of primary amides is 1. The molecule has 0 heterocycles. The van der Waals surface area contributed by atoms with E-state index in [2.05, 4.69) is 4.74 Å². The second-order valence-corrected chi connectivity index (χ2v) is 6.87. The van der Waals surface area contributed by atoms with Crippen LogP contribution >= 0.6 is 11.6 Å². The number of methoxy groups -OCH3 is 1. The number of halogens is 2. The van der Waals surface area contributed by atoms with Gasteiger partial charge in [-0.25, -0.2) is 4.39 Å². The van der Waals surface area contributed by atoms with Gasteiger partial charge in [-0.3, -0.25) is 9.59 Å². The number of amides is 1. The molecule has 0 spiro atoms. The highest BCUT2D eigenvalue weighted by molar-refractivity contribution is 6.30. The van der Waals surface area contributed by atoms with Crippen LogP contribution in [0.4, 0.5) is 4.39 Å². The summed E-state index contributed by atoms with van der Waals surface area (Å²) in [6, 6.07) is 3.05. The molecule has 146 valence electrons. The van der Waals surface area contributed by atoms with E-state index in [0.29, 0.717) is 36.3 Å². The number of carbonyl (C=O) groups excluding carboxylic acids is 2. The molecule has 0 saturated heterocycles. The number of benzene rings is 1. The number of rotatable bonds is 12. The smallest absolute Gasteiger partial charge is 0.305 e. The third-order valence-electron chi connectivity index (χ3n) is 4.04. The molecule has 0 aromatic heterocycles. The summed E-state index contributed by atoms with van der Waals surface area (Å²) in [6.07, 6.45) is 3.98. The van der Waals surface area contributed by atoms with Crippen LogP contribution in [0.15, 0.2) is 12.1 Å². The zero-order valence-electron chi connectivity index (χ0n) is 15.4. The van der Waals surface area contributed by atoms with Gasteiger partial charge in [0.25, 0.3) is 0 Å². The molecule has 0 unspecified atom stereocenters. The Morgan fingerprint density at radius 3 is 2.62 bits per heavy atom. The van der Waals surface area contributed by atoms with Gasteiger partial charge in [-0.2, -0.15) is 0 Å². The van der Waals surface area contributed by atoms with Crippen molar-refractivity contribution in [3.8, 4) is 5.75 Å². The first-order valence-electron chi connectivity index (χ1n) is 8.79. The molecule has 0 aliphatic rings. The Bertz CT molecular complexity index is 609. The number of carbonyl (C=O) groups is 2. The Morgan fingerprint density at radius 2 is 1.96 bits per heavy atom. The van der Waals surface area contributed by atoms with Crippen molar-refractivity contribution in [1.29, 1.82) is 0 Å². The Morgan fingerprint density at radius 1 is 1.23 bits per heavy atom. The van der Waals surface area contributed by atoms with Gasteiger partial charge >= 0.3 is 5.97 Å². The van der Waals surface area contributed by atoms with Crippen LogP contribution in [0.5, 0.6) is 5.75 Å². The van der Waals surface area contributed by atoms with Crippen LogP contribution in [0.2, 0.25) is 5.02 Å². The summed E-state index contributed by atoms with van der Waals surface area (Å²) >= 11 is 6.07. The minimum Gasteiger partial charge on any atom is -0.490 e. The molecule has 1 atom stereocenters. The summed E-state index contributed by atoms with van der Waals surface area (Å²) in [6.45, 7) is 2.19. The number of unbranched alkanes of at least 4 members (excludes halogenated alkanes) is 2. The molecule has 2 N–H and O–H groups in total. The lowest BCUT2D eigenvalue weighted by Gasteiger charge is -2.15. The molecule has 0 aliphatic heterocycles. The molecule has 0 saturated carbocycles. The fourth-order valence-electron chi connectivity index (χ4n) is 2.47. The fourth-order valence-corrected chi connectivity index (χ4v) is 2.70. The number of hydrogen-bond donors (Lipinski definition) is 1. The Balaban J connectivity index is 2.53. The number of ether oxygens (including phenoxy) is 2. The van der Waals surface area contributed by atoms with Gasteiger partial charge in [-0.1, -0.05) is 24.9 Å². The largest absolute Gasteiger partial charge is 0.490 e. The molecule has 1 rings (SSSR count). The van der Waals surface area contributed by atoms with Crippen LogP contribution in [0.1, 0.15) is 51.0 Å². The molecule has 1 aromatic carbocycles. The molecule has 0 bridgehead atoms. The van der Waals surface area contributed by atoms with E-state index in [1.54, 1.807) is 6.07 Å². The van der Waals surface area contributed by atoms with Gasteiger partial charge in [0.2, 0.25) is 5.91 Å². The fraction of sp³-hybridized carbons (Fsp3) is 0.579. The maximum absolute atomic E-state index is 14.6. The molecule has 5 nitrogen and oxygen atoms in total. The third kappa shape index (κ3) is 8.52. The number of hydrogen-bond acceptors (Lipinski definition) is 4. The van der Waals surface area contributed by atoms with Gasteiger partial charge < -0.3 is 15.2 Å². The van der Waals surface area contributed by atoms with Crippen molar-refractivity contribution in [2.24, 2.45) is 11.7 Å². The van der Waals surface area contributed by atoms with Gasteiger partial charge in [0.05, 0.1) is 13.7 Å². The second-order valence-electron chi connectivity index (χ2n) is 6.43. The van der Waals surface area contributed by atoms with Crippen LogP contribution in [0.25, 0.3) is 0 Å². The highest BCUT2D eigenvalue weighted by Crippen LogP contribution is 2.28. The van der Waals surface area contributed by atoms with Crippen molar-refractivity contribution in [3.05, 3.63) is 28.5 Å². The minimum atomic E-state index is -0.413. The van der Waals surface area contributed by atoms with Crippen molar-refractivity contribution >= 4 is 23.5 Å². The van der Waals surface area contributed by atoms with Crippen molar-refractivity contribution in [2.75, 3.05) is 13.7 Å². The van der Waals surface area contributed by atoms with E-state index < -0.39 is 5.82 Å². The lowest BCUT2D eigenvalue weighted by molar-refractivity contribution is -0.140. The Hall–Kier alpha value is -1.82. The van der Waals surface area contributed by atoms with E-state index in [1.165, 1.54) is 13.2 Å². The van der Waals surface area contributed by atoms with Crippen LogP contribution in [0.3, 0.4) is 0 Å². The molecule has 1 aromatic rings. The monoisotopic (exact) mass is 387 g/mol. The van der Waals surface area contributed by atoms with E-state index in [4.69, 9.17) is 22.1 Å². The maximum atomic E-state index is 14.6. The minimum absolute atomic E-state index is 0.0719. The topological polar surface area (TPSA) is 78.6 Å². The van der Waals surface area contributed by atoms with Gasteiger partial charge in [-0.15, -0.1) is 0 Å². The van der Waals surface area contributed by atoms with E-state index >= 15 is 0 Å². The standard InChI is InChI=1S/C19H27ClFNO4/c1-13(8-9-17(22)23)12-26-16-11-15(20)10-14(19(16)21)6-4-3-5-7-18(24)25-2/h10-11,13H,3-9,12H2,1-2H3,(H2,22,23)/t13-/m0/s1. The zero-order valence-corrected chi connectivity index (χ0v) is 16.1. The molecule has 26 heavy (non-hydrogen) atoms. The molecular weight excluding hydrogens is 361 g/mol. The normalized spacial score (nSPS) is 11.8. The average molecular weight is 388 g/mol. The van der Waals surface area contributed by atoms with E-state index in [-0.39, 0.29) is 36.6 Å². The van der Waals surface area contributed by atoms with Gasteiger partial charge in [-0.05, 0) is 43.2 Å². The zero-order chi connectivity index (χ0) is 19.5. The van der Waals surface area contributed by atoms with Gasteiger partial charge in [0.1, 0.15) is 0 Å². The Labute approximate surface area is 159 Å². The van der Waals surface area contributed by atoms with Crippen LogP contribution in [-0.4, -0.2) is 25.6 Å². The summed E-state index contributed by atoms with van der Waals surface area (Å²) in [5.41, 5.74) is 5.62. The van der Waals surface area contributed by atoms with Crippen molar-refractivity contribution in [2.45, 2.75) is 51.9 Å². The second kappa shape index (κ2) is 11.7. The predicted molar refractivity (Wildman–Crippen MR) is 98.7 cm³/mol. The molecule has 0 fully saturated rings. The first-order chi connectivity index (χ1) is 12.3. The molecule has 7 heteroatoms. The quantitative estimate of drug-likeness (QED) is 0.433. The van der Waals surface area contributed by atoms with Gasteiger partial charge in [0, 0.05) is 23.9 Å². The van der Waals surface area contributed by atoms with Crippen molar-refractivity contribution in [3.63, 3.8) is 0 Å².